The van der Waals surface area contributed by atoms with Gasteiger partial charge in [0.2, 0.25) is 0 Å². The lowest BCUT2D eigenvalue weighted by molar-refractivity contribution is -0.141. The van der Waals surface area contributed by atoms with Gasteiger partial charge in [-0.15, -0.1) is 0 Å². The van der Waals surface area contributed by atoms with Crippen LogP contribution in [0.1, 0.15) is 32.1 Å². The molecule has 0 aliphatic carbocycles. The Balaban J connectivity index is 1.85. The lowest BCUT2D eigenvalue weighted by atomic mass is 9.96. The molecule has 0 aromatic carbocycles. The number of hydrogen-bond acceptors (Lipinski definition) is 3. The largest absolute Gasteiger partial charge is 0.469 e. The maximum absolute atomic E-state index is 11.1. The molecule has 2 heterocycles. The minimum Gasteiger partial charge on any atom is -0.469 e. The normalized spacial score (nSPS) is 37.5. The molecule has 0 N–H and O–H groups in total. The molecule has 2 bridgehead atoms. The highest BCUT2D eigenvalue weighted by atomic mass is 32.2. The van der Waals surface area contributed by atoms with E-state index in [1.54, 1.807) is 0 Å². The minimum atomic E-state index is -0.0312. The lowest BCUT2D eigenvalue weighted by Crippen LogP contribution is -2.20. The molecule has 0 amide bonds. The molecule has 74 valence electrons. The van der Waals surface area contributed by atoms with Gasteiger partial charge in [-0.1, -0.05) is 0 Å². The summed E-state index contributed by atoms with van der Waals surface area (Å²) in [6.07, 6.45) is 5.84. The van der Waals surface area contributed by atoms with Crippen LogP contribution in [0.2, 0.25) is 0 Å². The first-order chi connectivity index (χ1) is 6.28. The van der Waals surface area contributed by atoms with Gasteiger partial charge in [0.15, 0.2) is 0 Å². The lowest BCUT2D eigenvalue weighted by Gasteiger charge is -2.26. The smallest absolute Gasteiger partial charge is 0.305 e. The Morgan fingerprint density at radius 1 is 1.38 bits per heavy atom. The van der Waals surface area contributed by atoms with E-state index in [-0.39, 0.29) is 5.97 Å². The van der Waals surface area contributed by atoms with E-state index < -0.39 is 0 Å². The molecular weight excluding hydrogens is 184 g/mol. The summed E-state index contributed by atoms with van der Waals surface area (Å²) in [6, 6.07) is 0. The van der Waals surface area contributed by atoms with Crippen molar-refractivity contribution in [1.82, 2.24) is 0 Å². The van der Waals surface area contributed by atoms with Crippen molar-refractivity contribution in [3.8, 4) is 0 Å². The second-order valence-corrected chi connectivity index (χ2v) is 5.68. The zero-order valence-electron chi connectivity index (χ0n) is 7.99. The molecule has 2 aliphatic rings. The predicted molar refractivity (Wildman–Crippen MR) is 53.8 cm³/mol. The van der Waals surface area contributed by atoms with Gasteiger partial charge in [-0.3, -0.25) is 4.79 Å². The van der Waals surface area contributed by atoms with Gasteiger partial charge in [-0.25, -0.2) is 0 Å². The van der Waals surface area contributed by atoms with Crippen LogP contribution in [-0.4, -0.2) is 23.6 Å². The van der Waals surface area contributed by atoms with Crippen molar-refractivity contribution >= 4 is 17.7 Å². The van der Waals surface area contributed by atoms with Crippen LogP contribution in [0.25, 0.3) is 0 Å². The van der Waals surface area contributed by atoms with Crippen LogP contribution in [0.3, 0.4) is 0 Å². The highest BCUT2D eigenvalue weighted by Crippen LogP contribution is 2.46. The molecule has 2 unspecified atom stereocenters. The van der Waals surface area contributed by atoms with E-state index in [2.05, 4.69) is 11.8 Å². The van der Waals surface area contributed by atoms with Gasteiger partial charge < -0.3 is 4.74 Å². The van der Waals surface area contributed by atoms with Gasteiger partial charge in [0, 0.05) is 16.9 Å². The van der Waals surface area contributed by atoms with E-state index in [1.807, 2.05) is 0 Å². The van der Waals surface area contributed by atoms with Gasteiger partial charge in [-0.05, 0) is 31.6 Å². The minimum absolute atomic E-state index is 0.0312. The average Bonchev–Trinajstić information content (AvgIpc) is 2.46. The predicted octanol–water partition coefficient (Wildman–Crippen LogP) is 2.22. The summed E-state index contributed by atoms with van der Waals surface area (Å²) in [4.78, 5) is 11.1. The van der Waals surface area contributed by atoms with Crippen molar-refractivity contribution in [2.24, 2.45) is 5.92 Å². The summed E-state index contributed by atoms with van der Waals surface area (Å²) in [6.45, 7) is 0. The van der Waals surface area contributed by atoms with Gasteiger partial charge in [0.25, 0.3) is 0 Å². The van der Waals surface area contributed by atoms with Crippen molar-refractivity contribution in [1.29, 1.82) is 0 Å². The second kappa shape index (κ2) is 3.91. The molecule has 0 radical (unpaired) electrons. The second-order valence-electron chi connectivity index (χ2n) is 4.08. The Labute approximate surface area is 83.4 Å². The van der Waals surface area contributed by atoms with E-state index >= 15 is 0 Å². The molecule has 2 saturated heterocycles. The molecule has 2 fully saturated rings. The molecule has 3 heteroatoms. The van der Waals surface area contributed by atoms with Gasteiger partial charge in [0.1, 0.15) is 0 Å². The highest BCUT2D eigenvalue weighted by Gasteiger charge is 2.35. The monoisotopic (exact) mass is 200 g/mol. The Kier molecular flexibility index (Phi) is 2.82. The van der Waals surface area contributed by atoms with Crippen LogP contribution in [0.4, 0.5) is 0 Å². The Bertz CT molecular complexity index is 193. The first-order valence-corrected chi connectivity index (χ1v) is 5.94. The highest BCUT2D eigenvalue weighted by molar-refractivity contribution is 8.00. The number of carbonyl (C=O) groups excluding carboxylic acids is 1. The quantitative estimate of drug-likeness (QED) is 0.639. The van der Waals surface area contributed by atoms with Crippen molar-refractivity contribution in [3.63, 3.8) is 0 Å². The molecule has 2 nitrogen and oxygen atoms in total. The van der Waals surface area contributed by atoms with Gasteiger partial charge in [0.05, 0.1) is 7.11 Å². The van der Waals surface area contributed by atoms with Crippen LogP contribution in [-0.2, 0) is 9.53 Å². The maximum atomic E-state index is 11.1. The SMILES string of the molecule is COC(=O)CC1CC2CCC(C1)S2. The van der Waals surface area contributed by atoms with Crippen molar-refractivity contribution < 1.29 is 9.53 Å². The molecular formula is C10H16O2S. The molecule has 2 atom stereocenters. The van der Waals surface area contributed by atoms with Gasteiger partial charge >= 0.3 is 5.97 Å². The topological polar surface area (TPSA) is 26.3 Å². The van der Waals surface area contributed by atoms with Crippen molar-refractivity contribution in [2.75, 3.05) is 7.11 Å². The third kappa shape index (κ3) is 2.19. The fourth-order valence-corrected chi connectivity index (χ4v) is 4.31. The zero-order chi connectivity index (χ0) is 9.26. The van der Waals surface area contributed by atoms with Crippen LogP contribution < -0.4 is 0 Å². The summed E-state index contributed by atoms with van der Waals surface area (Å²) in [5.41, 5.74) is 0. The standard InChI is InChI=1S/C10H16O2S/c1-12-10(11)6-7-4-8-2-3-9(5-7)13-8/h7-9H,2-6H2,1H3. The fourth-order valence-electron chi connectivity index (χ4n) is 2.45. The molecule has 13 heavy (non-hydrogen) atoms. The van der Waals surface area contributed by atoms with Crippen LogP contribution in [0.15, 0.2) is 0 Å². The number of carbonyl (C=O) groups is 1. The maximum Gasteiger partial charge on any atom is 0.305 e. The van der Waals surface area contributed by atoms with E-state index in [4.69, 9.17) is 4.74 Å². The molecule has 0 spiro atoms. The number of thioether (sulfide) groups is 1. The third-order valence-electron chi connectivity index (χ3n) is 3.07. The molecule has 2 rings (SSSR count). The first-order valence-electron chi connectivity index (χ1n) is 5.00. The van der Waals surface area contributed by atoms with E-state index in [0.717, 1.165) is 10.5 Å². The molecule has 0 saturated carbocycles. The Morgan fingerprint density at radius 3 is 2.54 bits per heavy atom. The summed E-state index contributed by atoms with van der Waals surface area (Å²) < 4.78 is 4.70. The molecule has 0 aromatic heterocycles. The van der Waals surface area contributed by atoms with Gasteiger partial charge in [-0.2, -0.15) is 11.8 Å². The van der Waals surface area contributed by atoms with E-state index in [0.29, 0.717) is 12.3 Å². The Morgan fingerprint density at radius 2 is 2.00 bits per heavy atom. The summed E-state index contributed by atoms with van der Waals surface area (Å²) >= 11 is 2.14. The summed E-state index contributed by atoms with van der Waals surface area (Å²) in [5, 5.41) is 1.68. The molecule has 2 aliphatic heterocycles. The van der Waals surface area contributed by atoms with Crippen LogP contribution in [0, 0.1) is 5.92 Å². The number of rotatable bonds is 2. The number of hydrogen-bond donors (Lipinski definition) is 0. The summed E-state index contributed by atoms with van der Waals surface area (Å²) in [7, 11) is 1.48. The first kappa shape index (κ1) is 9.38. The summed E-state index contributed by atoms with van der Waals surface area (Å²) in [5.74, 6) is 0.572. The molecule has 0 aromatic rings. The average molecular weight is 200 g/mol. The number of fused-ring (bicyclic) bond motifs is 2. The fraction of sp³-hybridized carbons (Fsp3) is 0.900. The third-order valence-corrected chi connectivity index (χ3v) is 4.70. The zero-order valence-corrected chi connectivity index (χ0v) is 8.81. The van der Waals surface area contributed by atoms with Crippen molar-refractivity contribution in [2.45, 2.75) is 42.6 Å². The van der Waals surface area contributed by atoms with Crippen LogP contribution >= 0.6 is 11.8 Å². The number of esters is 1. The van der Waals surface area contributed by atoms with Crippen molar-refractivity contribution in [3.05, 3.63) is 0 Å². The van der Waals surface area contributed by atoms with Crippen LogP contribution in [0.5, 0.6) is 0 Å². The Hall–Kier alpha value is -0.180. The van der Waals surface area contributed by atoms with E-state index in [1.165, 1.54) is 32.8 Å². The number of ether oxygens (including phenoxy) is 1. The number of methoxy groups -OCH3 is 1. The van der Waals surface area contributed by atoms with E-state index in [9.17, 15) is 4.79 Å².